The van der Waals surface area contributed by atoms with E-state index in [-0.39, 0.29) is 0 Å². The number of benzene rings is 1. The van der Waals surface area contributed by atoms with Crippen LogP contribution in [0.1, 0.15) is 111 Å². The predicted octanol–water partition coefficient (Wildman–Crippen LogP) is 9.16. The second-order valence-electron chi connectivity index (χ2n) is 15.5. The van der Waals surface area contributed by atoms with Crippen LogP contribution in [0.25, 0.3) is 0 Å². The van der Waals surface area contributed by atoms with E-state index in [0.717, 1.165) is 47.6 Å². The molecule has 1 aromatic rings. The first kappa shape index (κ1) is 26.8. The first-order valence-electron chi connectivity index (χ1n) is 15.9. The summed E-state index contributed by atoms with van der Waals surface area (Å²) in [4.78, 5) is 0. The number of fused-ring (bicyclic) bond motifs is 5. The Kier molecular flexibility index (Phi) is 7.48. The van der Waals surface area contributed by atoms with Gasteiger partial charge in [0.05, 0.1) is 26.2 Å². The van der Waals surface area contributed by atoms with Gasteiger partial charge in [-0.25, -0.2) is 0 Å². The molecule has 0 amide bonds. The van der Waals surface area contributed by atoms with Crippen LogP contribution in [-0.2, 0) is 6.42 Å². The van der Waals surface area contributed by atoms with Crippen molar-refractivity contribution in [3.8, 4) is 0 Å². The van der Waals surface area contributed by atoms with E-state index in [1.807, 2.05) is 0 Å². The molecule has 1 unspecified atom stereocenters. The zero-order valence-corrected chi connectivity index (χ0v) is 24.9. The van der Waals surface area contributed by atoms with Gasteiger partial charge in [-0.2, -0.15) is 0 Å². The third kappa shape index (κ3) is 4.52. The fourth-order valence-corrected chi connectivity index (χ4v) is 11.2. The fourth-order valence-electron chi connectivity index (χ4n) is 11.2. The molecule has 5 rings (SSSR count). The topological polar surface area (TPSA) is 0 Å². The highest BCUT2D eigenvalue weighted by Crippen LogP contribution is 2.68. The summed E-state index contributed by atoms with van der Waals surface area (Å²) in [7, 11) is 5.21. The Morgan fingerprint density at radius 1 is 0.806 bits per heavy atom. The van der Waals surface area contributed by atoms with Crippen molar-refractivity contribution < 1.29 is 4.48 Å². The summed E-state index contributed by atoms with van der Waals surface area (Å²) in [6, 6.07) is 13.0. The molecule has 4 aliphatic rings. The smallest absolute Gasteiger partial charge is 0.0945 e. The van der Waals surface area contributed by atoms with Gasteiger partial charge in [0.15, 0.2) is 0 Å². The molecule has 4 fully saturated rings. The van der Waals surface area contributed by atoms with Crippen molar-refractivity contribution in [1.82, 2.24) is 0 Å². The molecule has 1 nitrogen and oxygen atoms in total. The third-order valence-corrected chi connectivity index (χ3v) is 13.1. The first-order chi connectivity index (χ1) is 17.1. The van der Waals surface area contributed by atoms with Crippen molar-refractivity contribution in [2.24, 2.45) is 46.3 Å². The van der Waals surface area contributed by atoms with Gasteiger partial charge in [-0.05, 0) is 85.0 Å². The van der Waals surface area contributed by atoms with Crippen LogP contribution in [0.15, 0.2) is 30.3 Å². The maximum atomic E-state index is 2.76. The molecule has 0 spiro atoms. The fraction of sp³-hybridized carbons (Fsp3) is 0.829. The van der Waals surface area contributed by atoms with Crippen LogP contribution in [0.3, 0.4) is 0 Å². The zero-order valence-electron chi connectivity index (χ0n) is 24.9. The number of rotatable bonds is 7. The minimum absolute atomic E-state index is 0.544. The van der Waals surface area contributed by atoms with E-state index in [1.165, 1.54) is 81.5 Å². The highest BCUT2D eigenvalue weighted by Gasteiger charge is 2.64. The monoisotopic (exact) mass is 492 g/mol. The van der Waals surface area contributed by atoms with Gasteiger partial charge in [0.25, 0.3) is 0 Å². The standard InChI is InChI=1S/C35H58N/c1-25(2)12-11-13-26(3)30-17-18-31-29-16-19-33-35(5,32(29)21-23-34(30,31)4)22-20-28(36(33,6)7)24-27-14-9-8-10-15-27/h8-10,14-15,25-26,28-33H,11-13,16-24H2,1-7H3/q+1/t26-,28?,29+,30-,31+,32+,33-,34-,35-/m1/s1. The third-order valence-electron chi connectivity index (χ3n) is 13.1. The minimum atomic E-state index is 0.544. The van der Waals surface area contributed by atoms with Gasteiger partial charge >= 0.3 is 0 Å². The molecule has 0 N–H and O–H groups in total. The molecule has 1 heterocycles. The van der Waals surface area contributed by atoms with Gasteiger partial charge in [0.1, 0.15) is 0 Å². The van der Waals surface area contributed by atoms with Crippen molar-refractivity contribution in [2.75, 3.05) is 14.1 Å². The van der Waals surface area contributed by atoms with Crippen LogP contribution in [0.2, 0.25) is 0 Å². The molecule has 1 saturated heterocycles. The second kappa shape index (κ2) is 10.1. The number of likely N-dealkylation sites (tertiary alicyclic amines) is 1. The summed E-state index contributed by atoms with van der Waals surface area (Å²) in [5.74, 6) is 5.74. The summed E-state index contributed by atoms with van der Waals surface area (Å²) < 4.78 is 1.26. The van der Waals surface area contributed by atoms with Crippen molar-refractivity contribution in [2.45, 2.75) is 124 Å². The predicted molar refractivity (Wildman–Crippen MR) is 155 cm³/mol. The summed E-state index contributed by atoms with van der Waals surface area (Å²) in [5.41, 5.74) is 2.71. The van der Waals surface area contributed by atoms with E-state index < -0.39 is 0 Å². The maximum Gasteiger partial charge on any atom is 0.0945 e. The lowest BCUT2D eigenvalue weighted by Gasteiger charge is -2.65. The number of likely N-dealkylation sites (N-methyl/N-ethyl adjacent to an activating group) is 1. The van der Waals surface area contributed by atoms with E-state index in [2.05, 4.69) is 79.0 Å². The van der Waals surface area contributed by atoms with E-state index in [1.54, 1.807) is 5.56 Å². The maximum absolute atomic E-state index is 2.76. The molecule has 0 aromatic heterocycles. The number of hydrogen-bond donors (Lipinski definition) is 0. The molecule has 3 aliphatic carbocycles. The van der Waals surface area contributed by atoms with Crippen molar-refractivity contribution in [3.63, 3.8) is 0 Å². The largest absolute Gasteiger partial charge is 0.323 e. The van der Waals surface area contributed by atoms with Crippen molar-refractivity contribution in [3.05, 3.63) is 35.9 Å². The van der Waals surface area contributed by atoms with Crippen LogP contribution < -0.4 is 0 Å². The molecule has 1 aromatic carbocycles. The molecule has 36 heavy (non-hydrogen) atoms. The Hall–Kier alpha value is -0.820. The summed E-state index contributed by atoms with van der Waals surface area (Å²) in [6.45, 7) is 12.9. The summed E-state index contributed by atoms with van der Waals surface area (Å²) in [6.07, 6.45) is 17.5. The number of quaternary nitrogens is 1. The van der Waals surface area contributed by atoms with E-state index in [4.69, 9.17) is 0 Å². The second-order valence-corrected chi connectivity index (χ2v) is 15.5. The molecular formula is C35H58N+. The van der Waals surface area contributed by atoms with E-state index in [9.17, 15) is 0 Å². The molecule has 0 radical (unpaired) electrons. The summed E-state index contributed by atoms with van der Waals surface area (Å²) in [5, 5.41) is 0. The van der Waals surface area contributed by atoms with Crippen LogP contribution in [0.5, 0.6) is 0 Å². The number of hydrogen-bond acceptors (Lipinski definition) is 0. The first-order valence-corrected chi connectivity index (χ1v) is 15.9. The zero-order chi connectivity index (χ0) is 25.7. The highest BCUT2D eigenvalue weighted by atomic mass is 15.4. The molecule has 202 valence electrons. The van der Waals surface area contributed by atoms with Gasteiger partial charge in [-0.3, -0.25) is 0 Å². The van der Waals surface area contributed by atoms with E-state index >= 15 is 0 Å². The Bertz CT molecular complexity index is 872. The molecule has 9 atom stereocenters. The number of nitrogens with zero attached hydrogens (tertiary/aromatic N) is 1. The average molecular weight is 493 g/mol. The van der Waals surface area contributed by atoms with Gasteiger partial charge in [0.2, 0.25) is 0 Å². The Morgan fingerprint density at radius 2 is 1.50 bits per heavy atom. The van der Waals surface area contributed by atoms with Crippen molar-refractivity contribution in [1.29, 1.82) is 0 Å². The molecule has 3 saturated carbocycles. The van der Waals surface area contributed by atoms with Crippen LogP contribution in [0, 0.1) is 46.3 Å². The molecular weight excluding hydrogens is 434 g/mol. The van der Waals surface area contributed by atoms with Crippen LogP contribution in [0.4, 0.5) is 0 Å². The summed E-state index contributed by atoms with van der Waals surface area (Å²) >= 11 is 0. The lowest BCUT2D eigenvalue weighted by Crippen LogP contribution is -2.69. The van der Waals surface area contributed by atoms with Crippen LogP contribution in [-0.4, -0.2) is 30.7 Å². The molecule has 0 bridgehead atoms. The number of piperidine rings is 1. The minimum Gasteiger partial charge on any atom is -0.323 e. The van der Waals surface area contributed by atoms with Gasteiger partial charge in [0, 0.05) is 24.7 Å². The molecule has 1 aliphatic heterocycles. The average Bonchev–Trinajstić information content (AvgIpc) is 3.19. The SMILES string of the molecule is CC(C)CCC[C@@H](C)[C@H]1CC[C@H]2[C@@H]3CC[C@@H]4[C@](C)(CCC(Cc5ccccc5)[N+]4(C)C)[C@H]3CC[C@]12C. The van der Waals surface area contributed by atoms with E-state index in [0.29, 0.717) is 10.8 Å². The highest BCUT2D eigenvalue weighted by molar-refractivity contribution is 5.16. The van der Waals surface area contributed by atoms with Crippen molar-refractivity contribution >= 4 is 0 Å². The van der Waals surface area contributed by atoms with Crippen LogP contribution >= 0.6 is 0 Å². The Morgan fingerprint density at radius 3 is 2.22 bits per heavy atom. The Balaban J connectivity index is 1.30. The normalized spacial score (nSPS) is 42.4. The lowest BCUT2D eigenvalue weighted by atomic mass is 9.46. The Labute approximate surface area is 224 Å². The quantitative estimate of drug-likeness (QED) is 0.333. The molecule has 1 heteroatoms. The van der Waals surface area contributed by atoms with Gasteiger partial charge < -0.3 is 4.48 Å². The lowest BCUT2D eigenvalue weighted by molar-refractivity contribution is -0.954. The van der Waals surface area contributed by atoms with Gasteiger partial charge in [-0.15, -0.1) is 0 Å². The van der Waals surface area contributed by atoms with Gasteiger partial charge in [-0.1, -0.05) is 84.2 Å².